The van der Waals surface area contributed by atoms with Gasteiger partial charge in [0.1, 0.15) is 0 Å². The SMILES string of the molecule is C=C1CC(=O)NC(=Nc2cccc3ccccc23)S1. The number of amides is 1. The largest absolute Gasteiger partial charge is 0.305 e. The lowest BCUT2D eigenvalue weighted by Crippen LogP contribution is -2.32. The van der Waals surface area contributed by atoms with Gasteiger partial charge in [-0.2, -0.15) is 0 Å². The maximum atomic E-state index is 11.5. The number of nitrogens with one attached hydrogen (secondary N) is 1. The first-order chi connectivity index (χ1) is 9.22. The Morgan fingerprint density at radius 1 is 1.16 bits per heavy atom. The van der Waals surface area contributed by atoms with Crippen LogP contribution in [0.4, 0.5) is 5.69 Å². The predicted molar refractivity (Wildman–Crippen MR) is 80.5 cm³/mol. The highest BCUT2D eigenvalue weighted by atomic mass is 32.2. The highest BCUT2D eigenvalue weighted by Crippen LogP contribution is 2.29. The second-order valence-electron chi connectivity index (χ2n) is 4.28. The molecule has 2 aromatic rings. The average molecular weight is 268 g/mol. The summed E-state index contributed by atoms with van der Waals surface area (Å²) in [5.74, 6) is -0.0530. The molecule has 3 rings (SSSR count). The van der Waals surface area contributed by atoms with Crippen LogP contribution in [-0.2, 0) is 4.79 Å². The first-order valence-electron chi connectivity index (χ1n) is 5.94. The van der Waals surface area contributed by atoms with E-state index in [-0.39, 0.29) is 5.91 Å². The fourth-order valence-electron chi connectivity index (χ4n) is 2.01. The summed E-state index contributed by atoms with van der Waals surface area (Å²) in [5, 5.41) is 5.58. The molecular formula is C15H12N2OS. The van der Waals surface area contributed by atoms with Crippen molar-refractivity contribution < 1.29 is 4.79 Å². The minimum absolute atomic E-state index is 0.0530. The molecule has 0 aromatic heterocycles. The molecule has 0 unspecified atom stereocenters. The van der Waals surface area contributed by atoms with Gasteiger partial charge in [-0.15, -0.1) is 0 Å². The van der Waals surface area contributed by atoms with Crippen molar-refractivity contribution in [3.05, 3.63) is 53.9 Å². The molecule has 1 aliphatic heterocycles. The molecule has 1 N–H and O–H groups in total. The summed E-state index contributed by atoms with van der Waals surface area (Å²) in [6, 6.07) is 14.0. The van der Waals surface area contributed by atoms with Crippen LogP contribution in [0.25, 0.3) is 10.8 Å². The van der Waals surface area contributed by atoms with Crippen molar-refractivity contribution in [1.29, 1.82) is 0 Å². The third-order valence-corrected chi connectivity index (χ3v) is 3.65. The predicted octanol–water partition coefficient (Wildman–Crippen LogP) is 3.59. The van der Waals surface area contributed by atoms with Crippen LogP contribution in [0.1, 0.15) is 6.42 Å². The highest BCUT2D eigenvalue weighted by molar-refractivity contribution is 8.17. The minimum atomic E-state index is -0.0530. The number of carbonyl (C=O) groups excluding carboxylic acids is 1. The molecule has 1 saturated heterocycles. The van der Waals surface area contributed by atoms with Gasteiger partial charge < -0.3 is 5.32 Å². The van der Waals surface area contributed by atoms with Crippen LogP contribution < -0.4 is 5.32 Å². The molecule has 0 saturated carbocycles. The van der Waals surface area contributed by atoms with Gasteiger partial charge in [0.15, 0.2) is 5.17 Å². The van der Waals surface area contributed by atoms with Gasteiger partial charge in [0.2, 0.25) is 5.91 Å². The van der Waals surface area contributed by atoms with Crippen molar-refractivity contribution in [2.45, 2.75) is 6.42 Å². The number of hydrogen-bond acceptors (Lipinski definition) is 3. The first-order valence-corrected chi connectivity index (χ1v) is 6.76. The van der Waals surface area contributed by atoms with E-state index >= 15 is 0 Å². The minimum Gasteiger partial charge on any atom is -0.305 e. The molecule has 3 nitrogen and oxygen atoms in total. The Bertz CT molecular complexity index is 683. The molecular weight excluding hydrogens is 256 g/mol. The molecule has 94 valence electrons. The van der Waals surface area contributed by atoms with E-state index in [0.717, 1.165) is 21.4 Å². The zero-order valence-corrected chi connectivity index (χ0v) is 11.0. The van der Waals surface area contributed by atoms with Gasteiger partial charge in [0.05, 0.1) is 12.1 Å². The van der Waals surface area contributed by atoms with Crippen molar-refractivity contribution in [3.63, 3.8) is 0 Å². The molecule has 0 spiro atoms. The molecule has 0 radical (unpaired) electrons. The second kappa shape index (κ2) is 4.90. The molecule has 2 aromatic carbocycles. The monoisotopic (exact) mass is 268 g/mol. The maximum Gasteiger partial charge on any atom is 0.230 e. The van der Waals surface area contributed by atoms with Gasteiger partial charge in [-0.1, -0.05) is 54.7 Å². The Hall–Kier alpha value is -2.07. The molecule has 4 heteroatoms. The van der Waals surface area contributed by atoms with Crippen LogP contribution in [-0.4, -0.2) is 11.1 Å². The topological polar surface area (TPSA) is 41.5 Å². The van der Waals surface area contributed by atoms with E-state index in [1.54, 1.807) is 0 Å². The standard InChI is InChI=1S/C15H12N2OS/c1-10-9-14(18)17-15(19-10)16-13-8-4-6-11-5-2-3-7-12(11)13/h2-8H,1,9H2,(H,16,17,18). The first kappa shape index (κ1) is 12.0. The van der Waals surface area contributed by atoms with E-state index in [9.17, 15) is 4.79 Å². The smallest absolute Gasteiger partial charge is 0.230 e. The van der Waals surface area contributed by atoms with E-state index in [0.29, 0.717) is 11.6 Å². The summed E-state index contributed by atoms with van der Waals surface area (Å²) in [4.78, 5) is 16.8. The van der Waals surface area contributed by atoms with E-state index in [4.69, 9.17) is 0 Å². The summed E-state index contributed by atoms with van der Waals surface area (Å²) in [6.07, 6.45) is 0.360. The Balaban J connectivity index is 2.05. The van der Waals surface area contributed by atoms with Crippen molar-refractivity contribution in [2.24, 2.45) is 4.99 Å². The zero-order chi connectivity index (χ0) is 13.2. The normalized spacial score (nSPS) is 17.8. The van der Waals surface area contributed by atoms with Crippen LogP contribution in [0, 0.1) is 0 Å². The summed E-state index contributed by atoms with van der Waals surface area (Å²) in [6.45, 7) is 3.84. The Morgan fingerprint density at radius 2 is 1.95 bits per heavy atom. The number of nitrogens with zero attached hydrogens (tertiary/aromatic N) is 1. The van der Waals surface area contributed by atoms with Crippen LogP contribution in [0.2, 0.25) is 0 Å². The van der Waals surface area contributed by atoms with Crippen LogP contribution in [0.15, 0.2) is 58.9 Å². The van der Waals surface area contributed by atoms with Gasteiger partial charge in [-0.05, 0) is 16.4 Å². The number of aliphatic imine (C=N–C) groups is 1. The average Bonchev–Trinajstić information content (AvgIpc) is 2.38. The van der Waals surface area contributed by atoms with Gasteiger partial charge in [0.25, 0.3) is 0 Å². The van der Waals surface area contributed by atoms with Crippen molar-refractivity contribution in [1.82, 2.24) is 5.32 Å². The fourth-order valence-corrected chi connectivity index (χ4v) is 2.79. The third-order valence-electron chi connectivity index (χ3n) is 2.83. The summed E-state index contributed by atoms with van der Waals surface area (Å²) in [5.41, 5.74) is 0.857. The third kappa shape index (κ3) is 2.53. The number of benzene rings is 2. The van der Waals surface area contributed by atoms with Crippen molar-refractivity contribution in [3.8, 4) is 0 Å². The number of hydrogen-bond donors (Lipinski definition) is 1. The number of rotatable bonds is 1. The zero-order valence-electron chi connectivity index (χ0n) is 10.2. The van der Waals surface area contributed by atoms with Crippen LogP contribution in [0.5, 0.6) is 0 Å². The highest BCUT2D eigenvalue weighted by Gasteiger charge is 2.17. The van der Waals surface area contributed by atoms with Gasteiger partial charge >= 0.3 is 0 Å². The molecule has 19 heavy (non-hydrogen) atoms. The summed E-state index contributed by atoms with van der Waals surface area (Å²) >= 11 is 1.42. The molecule has 0 atom stereocenters. The number of carbonyl (C=O) groups is 1. The quantitative estimate of drug-likeness (QED) is 0.858. The van der Waals surface area contributed by atoms with Crippen LogP contribution in [0.3, 0.4) is 0 Å². The van der Waals surface area contributed by atoms with Gasteiger partial charge in [-0.3, -0.25) is 4.79 Å². The molecule has 0 aliphatic carbocycles. The summed E-state index contributed by atoms with van der Waals surface area (Å²) < 4.78 is 0. The van der Waals surface area contributed by atoms with Crippen LogP contribution >= 0.6 is 11.8 Å². The van der Waals surface area contributed by atoms with E-state index in [1.165, 1.54) is 11.8 Å². The van der Waals surface area contributed by atoms with Gasteiger partial charge in [0, 0.05) is 5.39 Å². The number of fused-ring (bicyclic) bond motifs is 1. The lowest BCUT2D eigenvalue weighted by molar-refractivity contribution is -0.118. The van der Waals surface area contributed by atoms with Gasteiger partial charge in [-0.25, -0.2) is 4.99 Å². The molecule has 1 amide bonds. The molecule has 1 heterocycles. The van der Waals surface area contributed by atoms with Crippen molar-refractivity contribution >= 4 is 39.3 Å². The Kier molecular flexibility index (Phi) is 3.09. The fraction of sp³-hybridized carbons (Fsp3) is 0.0667. The molecule has 1 fully saturated rings. The lowest BCUT2D eigenvalue weighted by atomic mass is 10.1. The summed E-state index contributed by atoms with van der Waals surface area (Å²) in [7, 11) is 0. The second-order valence-corrected chi connectivity index (χ2v) is 5.45. The Morgan fingerprint density at radius 3 is 2.79 bits per heavy atom. The van der Waals surface area contributed by atoms with E-state index in [1.807, 2.05) is 42.5 Å². The number of amidine groups is 1. The van der Waals surface area contributed by atoms with E-state index in [2.05, 4.69) is 16.9 Å². The Labute approximate surface area is 115 Å². The molecule has 0 bridgehead atoms. The van der Waals surface area contributed by atoms with Crippen molar-refractivity contribution in [2.75, 3.05) is 0 Å². The van der Waals surface area contributed by atoms with E-state index < -0.39 is 0 Å². The number of thioether (sulfide) groups is 1. The lowest BCUT2D eigenvalue weighted by Gasteiger charge is -2.15. The maximum absolute atomic E-state index is 11.5. The molecule has 1 aliphatic rings.